The minimum absolute atomic E-state index is 0.0966. The summed E-state index contributed by atoms with van der Waals surface area (Å²) in [6.45, 7) is 0. The molecule has 0 fully saturated rings. The maximum Gasteiger partial charge on any atom is 0.224 e. The van der Waals surface area contributed by atoms with Crippen molar-refractivity contribution in [2.75, 3.05) is 5.32 Å². The van der Waals surface area contributed by atoms with Crippen molar-refractivity contribution in [3.8, 4) is 11.3 Å². The first-order valence-electron chi connectivity index (χ1n) is 7.36. The summed E-state index contributed by atoms with van der Waals surface area (Å²) in [5.74, 6) is 1.13. The molecule has 0 spiro atoms. The summed E-state index contributed by atoms with van der Waals surface area (Å²) >= 11 is 9.21. The van der Waals surface area contributed by atoms with E-state index in [4.69, 9.17) is 16.0 Å². The molecule has 24 heavy (non-hydrogen) atoms. The zero-order chi connectivity index (χ0) is 16.9. The normalized spacial score (nSPS) is 10.6. The van der Waals surface area contributed by atoms with Crippen molar-refractivity contribution in [1.29, 1.82) is 0 Å². The van der Waals surface area contributed by atoms with Gasteiger partial charge in [0.15, 0.2) is 11.7 Å². The second kappa shape index (κ2) is 7.64. The number of oxazole rings is 1. The van der Waals surface area contributed by atoms with Crippen LogP contribution in [0.4, 0.5) is 5.69 Å². The summed E-state index contributed by atoms with van der Waals surface area (Å²) in [7, 11) is 0. The van der Waals surface area contributed by atoms with Gasteiger partial charge in [0, 0.05) is 33.6 Å². The van der Waals surface area contributed by atoms with Gasteiger partial charge in [-0.15, -0.1) is 0 Å². The van der Waals surface area contributed by atoms with E-state index in [1.807, 2.05) is 24.3 Å². The molecule has 4 nitrogen and oxygen atoms in total. The average Bonchev–Trinajstić information content (AvgIpc) is 3.05. The van der Waals surface area contributed by atoms with Crippen LogP contribution in [0, 0.1) is 0 Å². The van der Waals surface area contributed by atoms with Crippen molar-refractivity contribution in [3.05, 3.63) is 70.1 Å². The second-order valence-corrected chi connectivity index (χ2v) is 6.53. The fraction of sp³-hybridized carbons (Fsp3) is 0.111. The third-order valence-electron chi connectivity index (χ3n) is 3.38. The maximum atomic E-state index is 12.0. The van der Waals surface area contributed by atoms with Gasteiger partial charge in [-0.1, -0.05) is 39.7 Å². The Labute approximate surface area is 153 Å². The molecular formula is C18H14BrClN2O2. The zero-order valence-electron chi connectivity index (χ0n) is 12.6. The molecule has 0 saturated heterocycles. The molecule has 0 aliphatic rings. The van der Waals surface area contributed by atoms with Crippen LogP contribution in [0.3, 0.4) is 0 Å². The largest absolute Gasteiger partial charge is 0.441 e. The number of hydrogen-bond acceptors (Lipinski definition) is 3. The average molecular weight is 406 g/mol. The Balaban J connectivity index is 1.56. The molecule has 3 aromatic rings. The predicted molar refractivity (Wildman–Crippen MR) is 98.0 cm³/mol. The smallest absolute Gasteiger partial charge is 0.224 e. The standard InChI is InChI=1S/C18H14BrClN2O2/c19-13-3-1-12(2-4-13)16-11-21-18(24-16)10-9-17(23)22-15-7-5-14(20)6-8-15/h1-8,11H,9-10H2,(H,22,23). The highest BCUT2D eigenvalue weighted by Crippen LogP contribution is 2.23. The number of amides is 1. The first-order chi connectivity index (χ1) is 11.6. The van der Waals surface area contributed by atoms with Crippen LogP contribution in [0.1, 0.15) is 12.3 Å². The van der Waals surface area contributed by atoms with Gasteiger partial charge in [0.1, 0.15) is 0 Å². The molecule has 1 heterocycles. The monoisotopic (exact) mass is 404 g/mol. The quantitative estimate of drug-likeness (QED) is 0.624. The molecule has 0 bridgehead atoms. The molecule has 1 N–H and O–H groups in total. The fourth-order valence-corrected chi connectivity index (χ4v) is 2.54. The van der Waals surface area contributed by atoms with Crippen molar-refractivity contribution in [1.82, 2.24) is 4.98 Å². The van der Waals surface area contributed by atoms with Gasteiger partial charge in [0.2, 0.25) is 5.91 Å². The number of aromatic nitrogens is 1. The predicted octanol–water partition coefficient (Wildman–Crippen LogP) is 5.33. The van der Waals surface area contributed by atoms with Gasteiger partial charge < -0.3 is 9.73 Å². The molecule has 3 rings (SSSR count). The Kier molecular flexibility index (Phi) is 5.33. The molecule has 0 atom stereocenters. The van der Waals surface area contributed by atoms with E-state index in [2.05, 4.69) is 26.2 Å². The van der Waals surface area contributed by atoms with Gasteiger partial charge in [-0.25, -0.2) is 4.98 Å². The number of carbonyl (C=O) groups excluding carboxylic acids is 1. The summed E-state index contributed by atoms with van der Waals surface area (Å²) in [6.07, 6.45) is 2.41. The Hall–Kier alpha value is -2.11. The van der Waals surface area contributed by atoms with E-state index >= 15 is 0 Å². The number of halogens is 2. The van der Waals surface area contributed by atoms with Crippen LogP contribution >= 0.6 is 27.5 Å². The second-order valence-electron chi connectivity index (χ2n) is 5.18. The molecular weight excluding hydrogens is 392 g/mol. The molecule has 0 aliphatic carbocycles. The van der Waals surface area contributed by atoms with Gasteiger partial charge in [-0.2, -0.15) is 0 Å². The number of aryl methyl sites for hydroxylation is 1. The van der Waals surface area contributed by atoms with Gasteiger partial charge in [0.05, 0.1) is 6.20 Å². The summed E-state index contributed by atoms with van der Waals surface area (Å²) in [5, 5.41) is 3.44. The summed E-state index contributed by atoms with van der Waals surface area (Å²) in [4.78, 5) is 16.2. The zero-order valence-corrected chi connectivity index (χ0v) is 15.0. The Morgan fingerprint density at radius 1 is 1.12 bits per heavy atom. The topological polar surface area (TPSA) is 55.1 Å². The maximum absolute atomic E-state index is 12.0. The third kappa shape index (κ3) is 4.46. The van der Waals surface area contributed by atoms with Crippen molar-refractivity contribution >= 4 is 39.1 Å². The molecule has 122 valence electrons. The highest BCUT2D eigenvalue weighted by Gasteiger charge is 2.09. The van der Waals surface area contributed by atoms with E-state index in [-0.39, 0.29) is 5.91 Å². The summed E-state index contributed by atoms with van der Waals surface area (Å²) < 4.78 is 6.71. The molecule has 2 aromatic carbocycles. The Morgan fingerprint density at radius 3 is 2.54 bits per heavy atom. The van der Waals surface area contributed by atoms with Crippen LogP contribution in [-0.2, 0) is 11.2 Å². The number of hydrogen-bond donors (Lipinski definition) is 1. The number of nitrogens with one attached hydrogen (secondary N) is 1. The van der Waals surface area contributed by atoms with Crippen LogP contribution in [0.15, 0.2) is 63.6 Å². The minimum Gasteiger partial charge on any atom is -0.441 e. The SMILES string of the molecule is O=C(CCc1ncc(-c2ccc(Br)cc2)o1)Nc1ccc(Cl)cc1. The lowest BCUT2D eigenvalue weighted by Gasteiger charge is -2.04. The fourth-order valence-electron chi connectivity index (χ4n) is 2.15. The van der Waals surface area contributed by atoms with Crippen molar-refractivity contribution in [2.45, 2.75) is 12.8 Å². The number of carbonyl (C=O) groups is 1. The molecule has 6 heteroatoms. The van der Waals surface area contributed by atoms with E-state index in [1.54, 1.807) is 30.5 Å². The highest BCUT2D eigenvalue weighted by atomic mass is 79.9. The van der Waals surface area contributed by atoms with Crippen LogP contribution < -0.4 is 5.32 Å². The van der Waals surface area contributed by atoms with Crippen molar-refractivity contribution in [2.24, 2.45) is 0 Å². The summed E-state index contributed by atoms with van der Waals surface area (Å²) in [5.41, 5.74) is 1.66. The van der Waals surface area contributed by atoms with Crippen LogP contribution in [-0.4, -0.2) is 10.9 Å². The Bertz CT molecular complexity index is 829. The summed E-state index contributed by atoms with van der Waals surface area (Å²) in [6, 6.07) is 14.8. The Morgan fingerprint density at radius 2 is 1.83 bits per heavy atom. The molecule has 0 unspecified atom stereocenters. The van der Waals surface area contributed by atoms with E-state index in [0.29, 0.717) is 35.2 Å². The van der Waals surface area contributed by atoms with Crippen molar-refractivity contribution < 1.29 is 9.21 Å². The van der Waals surface area contributed by atoms with Crippen LogP contribution in [0.25, 0.3) is 11.3 Å². The van der Waals surface area contributed by atoms with E-state index in [1.165, 1.54) is 0 Å². The number of anilines is 1. The number of benzene rings is 2. The molecule has 0 aliphatic heterocycles. The third-order valence-corrected chi connectivity index (χ3v) is 4.16. The minimum atomic E-state index is -0.0966. The van der Waals surface area contributed by atoms with Crippen molar-refractivity contribution in [3.63, 3.8) is 0 Å². The van der Waals surface area contributed by atoms with Crippen LogP contribution in [0.2, 0.25) is 5.02 Å². The molecule has 1 aromatic heterocycles. The van der Waals surface area contributed by atoms with Gasteiger partial charge in [-0.05, 0) is 36.4 Å². The van der Waals surface area contributed by atoms with E-state index < -0.39 is 0 Å². The first-order valence-corrected chi connectivity index (χ1v) is 8.53. The van der Waals surface area contributed by atoms with Gasteiger partial charge >= 0.3 is 0 Å². The lowest BCUT2D eigenvalue weighted by Crippen LogP contribution is -2.12. The van der Waals surface area contributed by atoms with E-state index in [9.17, 15) is 4.79 Å². The lowest BCUT2D eigenvalue weighted by atomic mass is 10.2. The van der Waals surface area contributed by atoms with Gasteiger partial charge in [-0.3, -0.25) is 4.79 Å². The van der Waals surface area contributed by atoms with E-state index in [0.717, 1.165) is 10.0 Å². The van der Waals surface area contributed by atoms with Gasteiger partial charge in [0.25, 0.3) is 0 Å². The molecule has 0 radical (unpaired) electrons. The molecule has 0 saturated carbocycles. The molecule has 1 amide bonds. The van der Waals surface area contributed by atoms with Crippen LogP contribution in [0.5, 0.6) is 0 Å². The number of rotatable bonds is 5. The lowest BCUT2D eigenvalue weighted by molar-refractivity contribution is -0.116. The highest BCUT2D eigenvalue weighted by molar-refractivity contribution is 9.10. The number of nitrogens with zero attached hydrogens (tertiary/aromatic N) is 1. The first kappa shape index (κ1) is 16.7.